The molecular weight excluding hydrogens is 254 g/mol. The Labute approximate surface area is 110 Å². The van der Waals surface area contributed by atoms with Crippen LogP contribution in [0.5, 0.6) is 0 Å². The molecule has 0 spiro atoms. The van der Waals surface area contributed by atoms with Crippen LogP contribution in [0.25, 0.3) is 0 Å². The lowest BCUT2D eigenvalue weighted by Crippen LogP contribution is -2.07. The summed E-state index contributed by atoms with van der Waals surface area (Å²) in [7, 11) is 0. The van der Waals surface area contributed by atoms with Crippen LogP contribution in [0.3, 0.4) is 0 Å². The molecule has 0 amide bonds. The third-order valence-corrected chi connectivity index (χ3v) is 3.27. The van der Waals surface area contributed by atoms with Gasteiger partial charge in [-0.25, -0.2) is 8.78 Å². The van der Waals surface area contributed by atoms with Crippen molar-refractivity contribution in [2.45, 2.75) is 12.3 Å². The Balaban J connectivity index is 2.23. The predicted molar refractivity (Wildman–Crippen MR) is 70.0 cm³/mol. The molecule has 0 bridgehead atoms. The molecule has 3 heteroatoms. The number of hydrogen-bond donors (Lipinski definition) is 0. The monoisotopic (exact) mass is 266 g/mol. The molecule has 2 rings (SSSR count). The molecule has 94 valence electrons. The van der Waals surface area contributed by atoms with Gasteiger partial charge in [0.25, 0.3) is 0 Å². The Bertz CT molecular complexity index is 525. The fourth-order valence-electron chi connectivity index (χ4n) is 2.00. The third kappa shape index (κ3) is 3.08. The lowest BCUT2D eigenvalue weighted by Gasteiger charge is -2.15. The van der Waals surface area contributed by atoms with Crippen molar-refractivity contribution in [2.24, 2.45) is 0 Å². The molecule has 2 aromatic rings. The predicted octanol–water partition coefficient (Wildman–Crippen LogP) is 4.53. The van der Waals surface area contributed by atoms with Crippen LogP contribution in [0.2, 0.25) is 0 Å². The Morgan fingerprint density at radius 1 is 1.00 bits per heavy atom. The van der Waals surface area contributed by atoms with E-state index in [9.17, 15) is 8.78 Å². The summed E-state index contributed by atoms with van der Waals surface area (Å²) in [6.45, 7) is 0. The lowest BCUT2D eigenvalue weighted by atomic mass is 9.93. The number of halogens is 3. The zero-order chi connectivity index (χ0) is 13.0. The normalized spacial score (nSPS) is 12.4. The minimum absolute atomic E-state index is 0.144. The molecule has 0 aromatic heterocycles. The van der Waals surface area contributed by atoms with Crippen molar-refractivity contribution in [2.75, 3.05) is 5.88 Å². The van der Waals surface area contributed by atoms with E-state index in [1.54, 1.807) is 24.3 Å². The van der Waals surface area contributed by atoms with E-state index in [0.29, 0.717) is 17.9 Å². The first-order valence-electron chi connectivity index (χ1n) is 5.75. The van der Waals surface area contributed by atoms with Gasteiger partial charge < -0.3 is 0 Å². The summed E-state index contributed by atoms with van der Waals surface area (Å²) in [6, 6.07) is 12.9. The zero-order valence-electron chi connectivity index (χ0n) is 9.74. The van der Waals surface area contributed by atoms with Crippen molar-refractivity contribution in [3.63, 3.8) is 0 Å². The smallest absolute Gasteiger partial charge is 0.126 e. The highest BCUT2D eigenvalue weighted by Gasteiger charge is 2.15. The maximum Gasteiger partial charge on any atom is 0.126 e. The van der Waals surface area contributed by atoms with Crippen LogP contribution in [0.15, 0.2) is 48.5 Å². The van der Waals surface area contributed by atoms with Crippen LogP contribution in [-0.4, -0.2) is 5.88 Å². The first kappa shape index (κ1) is 13.0. The molecule has 0 aliphatic carbocycles. The van der Waals surface area contributed by atoms with Gasteiger partial charge in [-0.3, -0.25) is 0 Å². The maximum atomic E-state index is 13.7. The van der Waals surface area contributed by atoms with Crippen molar-refractivity contribution in [3.8, 4) is 0 Å². The van der Waals surface area contributed by atoms with Crippen molar-refractivity contribution in [3.05, 3.63) is 71.3 Å². The molecule has 0 heterocycles. The van der Waals surface area contributed by atoms with Gasteiger partial charge in [-0.05, 0) is 35.7 Å². The second-order valence-corrected chi connectivity index (χ2v) is 4.52. The fraction of sp³-hybridized carbons (Fsp3) is 0.200. The van der Waals surface area contributed by atoms with Crippen LogP contribution in [0, 0.1) is 11.6 Å². The molecule has 0 saturated heterocycles. The van der Waals surface area contributed by atoms with E-state index in [2.05, 4.69) is 0 Å². The van der Waals surface area contributed by atoms with E-state index < -0.39 is 0 Å². The highest BCUT2D eigenvalue weighted by Crippen LogP contribution is 2.25. The molecule has 1 unspecified atom stereocenters. The van der Waals surface area contributed by atoms with Gasteiger partial charge in [-0.2, -0.15) is 0 Å². The average molecular weight is 267 g/mol. The average Bonchev–Trinajstić information content (AvgIpc) is 2.37. The van der Waals surface area contributed by atoms with Crippen molar-refractivity contribution in [1.82, 2.24) is 0 Å². The van der Waals surface area contributed by atoms with E-state index in [4.69, 9.17) is 11.6 Å². The van der Waals surface area contributed by atoms with Crippen LogP contribution in [0.4, 0.5) is 8.78 Å². The van der Waals surface area contributed by atoms with Gasteiger partial charge >= 0.3 is 0 Å². The molecule has 0 saturated carbocycles. The lowest BCUT2D eigenvalue weighted by molar-refractivity contribution is 0.587. The first-order valence-corrected chi connectivity index (χ1v) is 6.29. The molecule has 0 aliphatic rings. The third-order valence-electron chi connectivity index (χ3n) is 2.90. The van der Waals surface area contributed by atoms with Gasteiger partial charge in [0.1, 0.15) is 11.6 Å². The Hall–Kier alpha value is -1.41. The topological polar surface area (TPSA) is 0 Å². The van der Waals surface area contributed by atoms with Crippen LogP contribution >= 0.6 is 11.6 Å². The quantitative estimate of drug-likeness (QED) is 0.713. The molecule has 18 heavy (non-hydrogen) atoms. The SMILES string of the molecule is Fc1cccc(CC(CCl)c2ccccc2F)c1. The number of alkyl halides is 1. The fourth-order valence-corrected chi connectivity index (χ4v) is 2.28. The summed E-state index contributed by atoms with van der Waals surface area (Å²) in [5, 5.41) is 0. The van der Waals surface area contributed by atoms with Crippen LogP contribution < -0.4 is 0 Å². The second kappa shape index (κ2) is 5.96. The summed E-state index contributed by atoms with van der Waals surface area (Å²) >= 11 is 5.90. The molecule has 0 aliphatic heterocycles. The highest BCUT2D eigenvalue weighted by molar-refractivity contribution is 6.18. The van der Waals surface area contributed by atoms with Crippen molar-refractivity contribution < 1.29 is 8.78 Å². The summed E-state index contributed by atoms with van der Waals surface area (Å²) in [4.78, 5) is 0. The second-order valence-electron chi connectivity index (χ2n) is 4.21. The standard InChI is InChI=1S/C15H13ClF2/c16-10-12(14-6-1-2-7-15(14)18)8-11-4-3-5-13(17)9-11/h1-7,9,12H,8,10H2. The summed E-state index contributed by atoms with van der Waals surface area (Å²) in [6.07, 6.45) is 0.530. The van der Waals surface area contributed by atoms with Gasteiger partial charge in [0.2, 0.25) is 0 Å². The summed E-state index contributed by atoms with van der Waals surface area (Å²) < 4.78 is 26.8. The minimum Gasteiger partial charge on any atom is -0.207 e. The molecule has 0 N–H and O–H groups in total. The maximum absolute atomic E-state index is 13.7. The zero-order valence-corrected chi connectivity index (χ0v) is 10.5. The molecule has 2 aromatic carbocycles. The van der Waals surface area contributed by atoms with E-state index in [-0.39, 0.29) is 17.6 Å². The minimum atomic E-state index is -0.283. The van der Waals surface area contributed by atoms with Crippen molar-refractivity contribution in [1.29, 1.82) is 0 Å². The van der Waals surface area contributed by atoms with Gasteiger partial charge in [-0.15, -0.1) is 11.6 Å². The molecular formula is C15H13ClF2. The van der Waals surface area contributed by atoms with E-state index in [0.717, 1.165) is 5.56 Å². The Morgan fingerprint density at radius 2 is 1.78 bits per heavy atom. The summed E-state index contributed by atoms with van der Waals surface area (Å²) in [5.74, 6) is -0.388. The molecule has 1 atom stereocenters. The number of hydrogen-bond acceptors (Lipinski definition) is 0. The van der Waals surface area contributed by atoms with Crippen LogP contribution in [-0.2, 0) is 6.42 Å². The Morgan fingerprint density at radius 3 is 2.44 bits per heavy atom. The van der Waals surface area contributed by atoms with Gasteiger partial charge in [0.05, 0.1) is 0 Å². The molecule has 0 nitrogen and oxygen atoms in total. The van der Waals surface area contributed by atoms with Gasteiger partial charge in [-0.1, -0.05) is 30.3 Å². The van der Waals surface area contributed by atoms with E-state index in [1.165, 1.54) is 18.2 Å². The number of benzene rings is 2. The summed E-state index contributed by atoms with van der Waals surface area (Å²) in [5.41, 5.74) is 1.40. The van der Waals surface area contributed by atoms with Gasteiger partial charge in [0.15, 0.2) is 0 Å². The Kier molecular flexibility index (Phi) is 4.32. The van der Waals surface area contributed by atoms with Crippen LogP contribution in [0.1, 0.15) is 17.0 Å². The largest absolute Gasteiger partial charge is 0.207 e. The highest BCUT2D eigenvalue weighted by atomic mass is 35.5. The van der Waals surface area contributed by atoms with Crippen molar-refractivity contribution >= 4 is 11.6 Å². The molecule has 0 radical (unpaired) electrons. The van der Waals surface area contributed by atoms with E-state index in [1.807, 2.05) is 6.07 Å². The van der Waals surface area contributed by atoms with Gasteiger partial charge in [0, 0.05) is 11.8 Å². The number of rotatable bonds is 4. The van der Waals surface area contributed by atoms with E-state index >= 15 is 0 Å². The molecule has 0 fully saturated rings. The first-order chi connectivity index (χ1) is 8.70.